The van der Waals surface area contributed by atoms with Crippen molar-refractivity contribution in [1.29, 1.82) is 0 Å². The Bertz CT molecular complexity index is 1310. The maximum Gasteiger partial charge on any atom is 0.280 e. The smallest absolute Gasteiger partial charge is 0.280 e. The summed E-state index contributed by atoms with van der Waals surface area (Å²) in [4.78, 5) is 28.3. The minimum atomic E-state index is -0.663. The van der Waals surface area contributed by atoms with Crippen molar-refractivity contribution < 1.29 is 9.53 Å². The Morgan fingerprint density at radius 3 is 2.46 bits per heavy atom. The Balaban J connectivity index is 1.51. The number of anilines is 2. The number of nitrogen functional groups attached to an aromatic ring is 2. The number of fused-ring (bicyclic) bond motifs is 1. The number of rotatable bonds is 11. The molecule has 12 heteroatoms. The molecule has 196 valence electrons. The summed E-state index contributed by atoms with van der Waals surface area (Å²) in [5.41, 5.74) is 23.7. The fourth-order valence-electron chi connectivity index (χ4n) is 3.63. The van der Waals surface area contributed by atoms with Gasteiger partial charge in [-0.1, -0.05) is 41.9 Å². The number of amides is 1. The highest BCUT2D eigenvalue weighted by Crippen LogP contribution is 2.29. The van der Waals surface area contributed by atoms with Crippen LogP contribution in [0.4, 0.5) is 11.6 Å². The number of benzene rings is 2. The second-order valence-corrected chi connectivity index (χ2v) is 8.66. The maximum atomic E-state index is 12.3. The van der Waals surface area contributed by atoms with Crippen LogP contribution in [-0.2, 0) is 6.42 Å². The zero-order chi connectivity index (χ0) is 26.8. The molecule has 0 saturated heterocycles. The van der Waals surface area contributed by atoms with Gasteiger partial charge in [0.15, 0.2) is 28.4 Å². The Morgan fingerprint density at radius 2 is 1.70 bits per heavy atom. The van der Waals surface area contributed by atoms with E-state index < -0.39 is 5.91 Å². The van der Waals surface area contributed by atoms with E-state index in [9.17, 15) is 4.79 Å². The molecule has 1 amide bonds. The first-order valence-corrected chi connectivity index (χ1v) is 12.2. The number of amidine groups is 1. The third-order valence-electron chi connectivity index (χ3n) is 5.39. The van der Waals surface area contributed by atoms with Crippen molar-refractivity contribution in [2.24, 2.45) is 21.5 Å². The Hall–Kier alpha value is -4.12. The number of guanidine groups is 1. The molecule has 0 saturated carbocycles. The van der Waals surface area contributed by atoms with Gasteiger partial charge in [-0.15, -0.1) is 0 Å². The molecule has 0 spiro atoms. The predicted octanol–water partition coefficient (Wildman–Crippen LogP) is 2.66. The van der Waals surface area contributed by atoms with Crippen LogP contribution in [0.3, 0.4) is 0 Å². The molecule has 0 aliphatic heterocycles. The number of carbonyl (C=O) groups excluding carboxylic acids is 1. The van der Waals surface area contributed by atoms with Crippen LogP contribution in [0.1, 0.15) is 42.2 Å². The second-order valence-electron chi connectivity index (χ2n) is 8.31. The van der Waals surface area contributed by atoms with Crippen molar-refractivity contribution in [3.8, 4) is 5.75 Å². The summed E-state index contributed by atoms with van der Waals surface area (Å²) in [6.07, 6.45) is 3.32. The summed E-state index contributed by atoms with van der Waals surface area (Å²) in [5.74, 6) is 0.523. The number of nitrogens with one attached hydrogen (secondary N) is 1. The van der Waals surface area contributed by atoms with E-state index >= 15 is 0 Å². The monoisotopic (exact) mass is 525 g/mol. The molecule has 0 fully saturated rings. The normalized spacial score (nSPS) is 12.1. The van der Waals surface area contributed by atoms with Crippen LogP contribution in [0.2, 0.25) is 5.15 Å². The third kappa shape index (κ3) is 7.94. The van der Waals surface area contributed by atoms with Crippen LogP contribution < -0.4 is 33.0 Å². The van der Waals surface area contributed by atoms with Gasteiger partial charge in [-0.25, -0.2) is 9.97 Å². The fraction of sp³-hybridized carbons (Fsp3) is 0.320. The maximum absolute atomic E-state index is 12.3. The number of hydrogen-bond donors (Lipinski definition) is 5. The molecule has 0 unspecified atom stereocenters. The Morgan fingerprint density at radius 1 is 0.973 bits per heavy atom. The number of aliphatic imine (C=N–C) groups is 2. The summed E-state index contributed by atoms with van der Waals surface area (Å²) in [5, 5.41) is 4.55. The first-order valence-electron chi connectivity index (χ1n) is 11.9. The molecule has 1 heterocycles. The highest BCUT2D eigenvalue weighted by molar-refractivity contribution is 6.31. The van der Waals surface area contributed by atoms with E-state index in [1.807, 2.05) is 18.2 Å². The Labute approximate surface area is 220 Å². The Kier molecular flexibility index (Phi) is 9.84. The summed E-state index contributed by atoms with van der Waals surface area (Å²) in [6, 6.07) is 12.3. The molecule has 0 bridgehead atoms. The van der Waals surface area contributed by atoms with Crippen LogP contribution in [0, 0.1) is 0 Å². The highest BCUT2D eigenvalue weighted by atomic mass is 35.5. The second kappa shape index (κ2) is 13.3. The van der Waals surface area contributed by atoms with Crippen molar-refractivity contribution in [1.82, 2.24) is 15.3 Å². The van der Waals surface area contributed by atoms with Crippen molar-refractivity contribution >= 4 is 51.7 Å². The van der Waals surface area contributed by atoms with E-state index in [1.54, 1.807) is 6.92 Å². The molecule has 0 atom stereocenters. The molecule has 37 heavy (non-hydrogen) atoms. The van der Waals surface area contributed by atoms with E-state index in [1.165, 1.54) is 5.56 Å². The van der Waals surface area contributed by atoms with Gasteiger partial charge in [0.2, 0.25) is 0 Å². The van der Waals surface area contributed by atoms with Gasteiger partial charge < -0.3 is 27.7 Å². The zero-order valence-electron chi connectivity index (χ0n) is 20.7. The predicted molar refractivity (Wildman–Crippen MR) is 149 cm³/mol. The van der Waals surface area contributed by atoms with E-state index in [2.05, 4.69) is 43.5 Å². The summed E-state index contributed by atoms with van der Waals surface area (Å²) in [6.45, 7) is 3.44. The minimum absolute atomic E-state index is 0.0431. The molecule has 3 rings (SSSR count). The number of aryl methyl sites for hydroxylation is 1. The molecule has 0 radical (unpaired) electrons. The van der Waals surface area contributed by atoms with Gasteiger partial charge in [0, 0.05) is 24.9 Å². The van der Waals surface area contributed by atoms with Crippen LogP contribution in [0.5, 0.6) is 5.75 Å². The summed E-state index contributed by atoms with van der Waals surface area (Å²) in [7, 11) is 0. The average molecular weight is 526 g/mol. The van der Waals surface area contributed by atoms with Crippen molar-refractivity contribution in [2.75, 3.05) is 31.2 Å². The van der Waals surface area contributed by atoms with Crippen LogP contribution in [-0.4, -0.2) is 47.4 Å². The quantitative estimate of drug-likeness (QED) is 0.143. The van der Waals surface area contributed by atoms with Gasteiger partial charge in [-0.2, -0.15) is 0 Å². The minimum Gasteiger partial charge on any atom is -0.493 e. The lowest BCUT2D eigenvalue weighted by Crippen LogP contribution is -2.38. The van der Waals surface area contributed by atoms with E-state index in [0.717, 1.165) is 42.2 Å². The number of aromatic nitrogens is 2. The first-order chi connectivity index (χ1) is 17.8. The SMILES string of the molecule is CC(N)=NCCCOc1ccc(CCCCN=C(N)NC(=O)c2nc(Cl)c(N)nc2N)c2ccccc12. The number of ether oxygens (including phenoxy) is 1. The highest BCUT2D eigenvalue weighted by Gasteiger charge is 2.16. The number of nitrogens with zero attached hydrogens (tertiary/aromatic N) is 4. The van der Waals surface area contributed by atoms with Crippen molar-refractivity contribution in [2.45, 2.75) is 32.6 Å². The van der Waals surface area contributed by atoms with Crippen molar-refractivity contribution in [3.63, 3.8) is 0 Å². The zero-order valence-corrected chi connectivity index (χ0v) is 21.5. The van der Waals surface area contributed by atoms with Crippen LogP contribution in [0.15, 0.2) is 46.4 Å². The molecule has 9 N–H and O–H groups in total. The standard InChI is InChI=1S/C25H32ClN9O2/c1-15(27)31-13-6-14-37-19-11-10-16(17-8-2-3-9-18(17)19)7-4-5-12-32-25(30)35-24(36)20-22(28)34-23(29)21(26)33-20/h2-3,8-11H,4-7,12-14H2,1H3,(H2,27,31)(H4,28,29,34)(H3,30,32,35,36). The molecule has 2 aromatic carbocycles. The van der Waals surface area contributed by atoms with Crippen molar-refractivity contribution in [3.05, 3.63) is 52.8 Å². The number of halogens is 1. The van der Waals surface area contributed by atoms with Gasteiger partial charge in [0.05, 0.1) is 12.4 Å². The first kappa shape index (κ1) is 27.5. The molecule has 11 nitrogen and oxygen atoms in total. The summed E-state index contributed by atoms with van der Waals surface area (Å²) < 4.78 is 6.00. The van der Waals surface area contributed by atoms with Crippen LogP contribution >= 0.6 is 11.6 Å². The van der Waals surface area contributed by atoms with Crippen LogP contribution in [0.25, 0.3) is 10.8 Å². The molecular weight excluding hydrogens is 494 g/mol. The molecule has 3 aromatic rings. The van der Waals surface area contributed by atoms with Gasteiger partial charge in [-0.05, 0) is 43.2 Å². The number of carbonyl (C=O) groups is 1. The number of nitrogens with two attached hydrogens (primary N) is 4. The van der Waals surface area contributed by atoms with Gasteiger partial charge in [0.1, 0.15) is 5.75 Å². The number of unbranched alkanes of at least 4 members (excludes halogenated alkanes) is 1. The number of hydrogen-bond acceptors (Lipinski definition) is 8. The average Bonchev–Trinajstić information content (AvgIpc) is 2.86. The van der Waals surface area contributed by atoms with E-state index in [-0.39, 0.29) is 28.4 Å². The molecule has 1 aromatic heterocycles. The van der Waals surface area contributed by atoms with E-state index in [0.29, 0.717) is 25.5 Å². The fourth-order valence-corrected chi connectivity index (χ4v) is 3.76. The molecule has 0 aliphatic rings. The lowest BCUT2D eigenvalue weighted by atomic mass is 9.99. The third-order valence-corrected chi connectivity index (χ3v) is 5.67. The largest absolute Gasteiger partial charge is 0.493 e. The molecule has 0 aliphatic carbocycles. The van der Waals surface area contributed by atoms with Gasteiger partial charge >= 0.3 is 0 Å². The van der Waals surface area contributed by atoms with Gasteiger partial charge in [0.25, 0.3) is 5.91 Å². The molecular formula is C25H32ClN9O2. The lowest BCUT2D eigenvalue weighted by molar-refractivity contribution is 0.0972. The summed E-state index contributed by atoms with van der Waals surface area (Å²) >= 11 is 5.81. The topological polar surface area (TPSA) is 193 Å². The lowest BCUT2D eigenvalue weighted by Gasteiger charge is -2.12. The van der Waals surface area contributed by atoms with E-state index in [4.69, 9.17) is 39.3 Å². The van der Waals surface area contributed by atoms with Gasteiger partial charge in [-0.3, -0.25) is 20.1 Å².